The Bertz CT molecular complexity index is 502. The highest BCUT2D eigenvalue weighted by atomic mass is 16.5. The molecule has 1 heterocycles. The number of methoxy groups -OCH3 is 1. The number of esters is 1. The smallest absolute Gasteiger partial charge is 0.340 e. The van der Waals surface area contributed by atoms with Crippen molar-refractivity contribution in [3.05, 3.63) is 23.8 Å². The molecule has 6 nitrogen and oxygen atoms in total. The van der Waals surface area contributed by atoms with Crippen LogP contribution in [0.3, 0.4) is 0 Å². The van der Waals surface area contributed by atoms with E-state index in [9.17, 15) is 9.59 Å². The van der Waals surface area contributed by atoms with Gasteiger partial charge in [-0.2, -0.15) is 0 Å². The Labute approximate surface area is 111 Å². The van der Waals surface area contributed by atoms with Gasteiger partial charge in [-0.05, 0) is 25.0 Å². The molecule has 1 fully saturated rings. The number of para-hydroxylation sites is 1. The van der Waals surface area contributed by atoms with Crippen LogP contribution in [0.25, 0.3) is 0 Å². The van der Waals surface area contributed by atoms with Crippen molar-refractivity contribution in [1.29, 1.82) is 0 Å². The van der Waals surface area contributed by atoms with E-state index in [1.807, 2.05) is 0 Å². The molecule has 1 atom stereocenters. The molecule has 0 aliphatic carbocycles. The summed E-state index contributed by atoms with van der Waals surface area (Å²) >= 11 is 0. The Morgan fingerprint density at radius 2 is 2.32 bits per heavy atom. The van der Waals surface area contributed by atoms with Crippen LogP contribution >= 0.6 is 0 Å². The Kier molecular flexibility index (Phi) is 3.89. The van der Waals surface area contributed by atoms with Crippen LogP contribution in [0.4, 0.5) is 11.4 Å². The third-order valence-corrected chi connectivity index (χ3v) is 3.11. The molecular formula is C13H17N3O3. The van der Waals surface area contributed by atoms with Crippen LogP contribution in [-0.2, 0) is 9.53 Å². The van der Waals surface area contributed by atoms with Crippen molar-refractivity contribution in [2.75, 3.05) is 24.7 Å². The Balaban J connectivity index is 2.28. The number of piperidine rings is 1. The largest absolute Gasteiger partial charge is 0.465 e. The molecule has 19 heavy (non-hydrogen) atoms. The van der Waals surface area contributed by atoms with Crippen LogP contribution in [0.2, 0.25) is 0 Å². The number of carbonyl (C=O) groups is 2. The van der Waals surface area contributed by atoms with Crippen LogP contribution in [0.15, 0.2) is 18.2 Å². The number of nitrogen functional groups attached to an aromatic ring is 1. The van der Waals surface area contributed by atoms with Gasteiger partial charge in [0.25, 0.3) is 0 Å². The van der Waals surface area contributed by atoms with E-state index in [1.54, 1.807) is 18.2 Å². The van der Waals surface area contributed by atoms with Gasteiger partial charge >= 0.3 is 5.97 Å². The molecule has 6 heteroatoms. The number of anilines is 2. The highest BCUT2D eigenvalue weighted by molar-refractivity contribution is 6.00. The molecule has 1 aromatic rings. The van der Waals surface area contributed by atoms with E-state index >= 15 is 0 Å². The molecule has 0 radical (unpaired) electrons. The van der Waals surface area contributed by atoms with Crippen molar-refractivity contribution in [3.8, 4) is 0 Å². The summed E-state index contributed by atoms with van der Waals surface area (Å²) < 4.78 is 4.71. The lowest BCUT2D eigenvalue weighted by atomic mass is 10.0. The van der Waals surface area contributed by atoms with Gasteiger partial charge in [0.05, 0.1) is 24.0 Å². The minimum absolute atomic E-state index is 0.0784. The van der Waals surface area contributed by atoms with Crippen molar-refractivity contribution in [2.24, 2.45) is 0 Å². The topological polar surface area (TPSA) is 93.4 Å². The first kappa shape index (κ1) is 13.2. The van der Waals surface area contributed by atoms with Gasteiger partial charge in [0.15, 0.2) is 0 Å². The van der Waals surface area contributed by atoms with Crippen molar-refractivity contribution in [1.82, 2.24) is 5.32 Å². The first-order chi connectivity index (χ1) is 9.13. The zero-order valence-electron chi connectivity index (χ0n) is 10.7. The van der Waals surface area contributed by atoms with Gasteiger partial charge in [0, 0.05) is 6.54 Å². The van der Waals surface area contributed by atoms with E-state index < -0.39 is 5.97 Å². The molecule has 1 amide bonds. The van der Waals surface area contributed by atoms with Crippen LogP contribution in [-0.4, -0.2) is 31.6 Å². The molecule has 1 aliphatic heterocycles. The fourth-order valence-electron chi connectivity index (χ4n) is 2.10. The minimum atomic E-state index is -0.481. The average Bonchev–Trinajstić information content (AvgIpc) is 2.42. The number of benzene rings is 1. The van der Waals surface area contributed by atoms with Crippen LogP contribution in [0, 0.1) is 0 Å². The first-order valence-corrected chi connectivity index (χ1v) is 6.14. The summed E-state index contributed by atoms with van der Waals surface area (Å²) in [5.74, 6) is -0.559. The summed E-state index contributed by atoms with van der Waals surface area (Å²) in [4.78, 5) is 23.4. The van der Waals surface area contributed by atoms with E-state index in [2.05, 4.69) is 10.6 Å². The summed E-state index contributed by atoms with van der Waals surface area (Å²) in [6.07, 6.45) is 1.60. The zero-order valence-corrected chi connectivity index (χ0v) is 10.7. The Morgan fingerprint density at radius 3 is 3.00 bits per heavy atom. The van der Waals surface area contributed by atoms with Gasteiger partial charge in [0.1, 0.15) is 6.04 Å². The van der Waals surface area contributed by atoms with E-state index in [0.29, 0.717) is 29.9 Å². The third-order valence-electron chi connectivity index (χ3n) is 3.11. The van der Waals surface area contributed by atoms with Gasteiger partial charge in [0.2, 0.25) is 5.91 Å². The van der Waals surface area contributed by atoms with E-state index in [1.165, 1.54) is 7.11 Å². The molecule has 0 aromatic heterocycles. The summed E-state index contributed by atoms with van der Waals surface area (Å²) in [7, 11) is 1.31. The van der Waals surface area contributed by atoms with Gasteiger partial charge < -0.3 is 21.1 Å². The predicted molar refractivity (Wildman–Crippen MR) is 71.8 cm³/mol. The van der Waals surface area contributed by atoms with Crippen molar-refractivity contribution < 1.29 is 14.3 Å². The van der Waals surface area contributed by atoms with E-state index in [4.69, 9.17) is 10.5 Å². The summed E-state index contributed by atoms with van der Waals surface area (Å²) in [5.41, 5.74) is 7.08. The van der Waals surface area contributed by atoms with Crippen LogP contribution in [0.5, 0.6) is 0 Å². The van der Waals surface area contributed by atoms with Crippen LogP contribution < -0.4 is 16.4 Å². The lowest BCUT2D eigenvalue weighted by molar-refractivity contribution is -0.123. The minimum Gasteiger partial charge on any atom is -0.465 e. The quantitative estimate of drug-likeness (QED) is 0.552. The fraction of sp³-hybridized carbons (Fsp3) is 0.385. The maximum absolute atomic E-state index is 11.7. The highest BCUT2D eigenvalue weighted by Crippen LogP contribution is 2.26. The molecule has 0 spiro atoms. The van der Waals surface area contributed by atoms with Crippen molar-refractivity contribution in [2.45, 2.75) is 18.9 Å². The van der Waals surface area contributed by atoms with E-state index in [-0.39, 0.29) is 11.9 Å². The second kappa shape index (κ2) is 5.60. The predicted octanol–water partition coefficient (Wildman–Crippen LogP) is 0.746. The van der Waals surface area contributed by atoms with Crippen molar-refractivity contribution in [3.63, 3.8) is 0 Å². The van der Waals surface area contributed by atoms with Crippen LogP contribution in [0.1, 0.15) is 23.2 Å². The summed E-state index contributed by atoms with van der Waals surface area (Å²) in [6, 6.07) is 4.59. The standard InChI is InChI=1S/C13H17N3O3/c1-19-13(18)8-4-2-5-9(14)11(8)16-10-6-3-7-15-12(10)17/h2,4-5,10,16H,3,6-7,14H2,1H3,(H,15,17). The second-order valence-corrected chi connectivity index (χ2v) is 4.39. The summed E-state index contributed by atoms with van der Waals surface area (Å²) in [5, 5.41) is 5.82. The first-order valence-electron chi connectivity index (χ1n) is 6.14. The number of nitrogens with one attached hydrogen (secondary N) is 2. The number of amides is 1. The van der Waals surface area contributed by atoms with E-state index in [0.717, 1.165) is 6.42 Å². The number of hydrogen-bond donors (Lipinski definition) is 3. The van der Waals surface area contributed by atoms with Gasteiger partial charge in [-0.15, -0.1) is 0 Å². The number of carbonyl (C=O) groups excluding carboxylic acids is 2. The molecule has 1 saturated heterocycles. The number of hydrogen-bond acceptors (Lipinski definition) is 5. The third kappa shape index (κ3) is 2.78. The molecule has 1 aromatic carbocycles. The fourth-order valence-corrected chi connectivity index (χ4v) is 2.10. The number of ether oxygens (including phenoxy) is 1. The molecule has 4 N–H and O–H groups in total. The SMILES string of the molecule is COC(=O)c1cccc(N)c1NC1CCCNC1=O. The average molecular weight is 263 g/mol. The Hall–Kier alpha value is -2.24. The molecule has 1 unspecified atom stereocenters. The second-order valence-electron chi connectivity index (χ2n) is 4.39. The molecule has 2 rings (SSSR count). The van der Waals surface area contributed by atoms with Crippen molar-refractivity contribution >= 4 is 23.3 Å². The Morgan fingerprint density at radius 1 is 1.53 bits per heavy atom. The molecule has 0 bridgehead atoms. The highest BCUT2D eigenvalue weighted by Gasteiger charge is 2.24. The van der Waals surface area contributed by atoms with Gasteiger partial charge in [-0.3, -0.25) is 4.79 Å². The maximum atomic E-state index is 11.7. The van der Waals surface area contributed by atoms with Gasteiger partial charge in [-0.1, -0.05) is 6.07 Å². The zero-order chi connectivity index (χ0) is 13.8. The summed E-state index contributed by atoms with van der Waals surface area (Å²) in [6.45, 7) is 0.686. The lowest BCUT2D eigenvalue weighted by Gasteiger charge is -2.25. The molecular weight excluding hydrogens is 246 g/mol. The normalized spacial score (nSPS) is 18.6. The molecule has 1 aliphatic rings. The monoisotopic (exact) mass is 263 g/mol. The molecule has 102 valence electrons. The van der Waals surface area contributed by atoms with Gasteiger partial charge in [-0.25, -0.2) is 4.79 Å². The molecule has 0 saturated carbocycles. The lowest BCUT2D eigenvalue weighted by Crippen LogP contribution is -2.44. The number of nitrogens with two attached hydrogens (primary N) is 1. The maximum Gasteiger partial charge on any atom is 0.340 e. The number of rotatable bonds is 3.